The number of hydrogen-bond donors (Lipinski definition) is 2. The number of aryl methyl sites for hydroxylation is 1. The maximum atomic E-state index is 13.8. The van der Waals surface area contributed by atoms with Gasteiger partial charge in [0, 0.05) is 35.0 Å². The van der Waals surface area contributed by atoms with Gasteiger partial charge in [-0.15, -0.1) is 0 Å². The van der Waals surface area contributed by atoms with Crippen molar-refractivity contribution in [2.75, 3.05) is 31.6 Å². The fourth-order valence-corrected chi connectivity index (χ4v) is 4.99. The highest BCUT2D eigenvalue weighted by Gasteiger charge is 2.26. The zero-order chi connectivity index (χ0) is 22.9. The van der Waals surface area contributed by atoms with Crippen molar-refractivity contribution in [2.45, 2.75) is 25.8 Å². The van der Waals surface area contributed by atoms with Crippen molar-refractivity contribution >= 4 is 23.2 Å². The van der Waals surface area contributed by atoms with Gasteiger partial charge in [0.25, 0.3) is 5.91 Å². The maximum absolute atomic E-state index is 13.8. The second kappa shape index (κ2) is 8.96. The highest BCUT2D eigenvalue weighted by molar-refractivity contribution is 6.35. The lowest BCUT2D eigenvalue weighted by molar-refractivity contribution is -0.110. The van der Waals surface area contributed by atoms with E-state index in [2.05, 4.69) is 10.2 Å². The van der Waals surface area contributed by atoms with Crippen molar-refractivity contribution in [1.82, 2.24) is 4.90 Å². The molecule has 2 heterocycles. The molecule has 0 bridgehead atoms. The van der Waals surface area contributed by atoms with Gasteiger partial charge < -0.3 is 15.2 Å². The Balaban J connectivity index is 1.43. The van der Waals surface area contributed by atoms with Crippen molar-refractivity contribution in [3.63, 3.8) is 0 Å². The van der Waals surface area contributed by atoms with Crippen LogP contribution in [0.5, 0.6) is 5.75 Å². The number of aliphatic hydroxyl groups excluding tert-OH is 1. The van der Waals surface area contributed by atoms with Gasteiger partial charge in [0.15, 0.2) is 0 Å². The first-order valence-electron chi connectivity index (χ1n) is 11.4. The predicted octanol–water partition coefficient (Wildman–Crippen LogP) is 4.57. The van der Waals surface area contributed by atoms with E-state index in [1.165, 1.54) is 12.1 Å². The molecule has 1 saturated heterocycles. The van der Waals surface area contributed by atoms with Gasteiger partial charge in [-0.2, -0.15) is 0 Å². The smallest absolute Gasteiger partial charge is 0.256 e. The molecule has 5 rings (SSSR count). The third-order valence-corrected chi connectivity index (χ3v) is 6.63. The summed E-state index contributed by atoms with van der Waals surface area (Å²) in [7, 11) is 0. The largest absolute Gasteiger partial charge is 0.492 e. The number of likely N-dealkylation sites (tertiary alicyclic amines) is 1. The lowest BCUT2D eigenvalue weighted by atomic mass is 10.0. The Morgan fingerprint density at radius 2 is 2.06 bits per heavy atom. The summed E-state index contributed by atoms with van der Waals surface area (Å²) in [4.78, 5) is 14.9. The molecule has 0 aromatic heterocycles. The fourth-order valence-electron chi connectivity index (χ4n) is 4.99. The number of anilines is 1. The van der Waals surface area contributed by atoms with E-state index in [1.54, 1.807) is 6.07 Å². The van der Waals surface area contributed by atoms with Crippen LogP contribution in [-0.4, -0.2) is 48.3 Å². The molecule has 1 aromatic rings. The minimum atomic E-state index is -0.372. The molecule has 1 amide bonds. The Morgan fingerprint density at radius 3 is 2.91 bits per heavy atom. The minimum Gasteiger partial charge on any atom is -0.492 e. The van der Waals surface area contributed by atoms with E-state index in [4.69, 9.17) is 4.74 Å². The number of carbonyl (C=O) groups excluding carboxylic acids is 1. The van der Waals surface area contributed by atoms with Crippen molar-refractivity contribution in [1.29, 1.82) is 0 Å². The first-order valence-corrected chi connectivity index (χ1v) is 11.4. The van der Waals surface area contributed by atoms with Crippen LogP contribution in [-0.2, 0) is 4.79 Å². The van der Waals surface area contributed by atoms with Crippen molar-refractivity contribution in [3.8, 4) is 16.9 Å². The molecule has 2 aliphatic carbocycles. The van der Waals surface area contributed by atoms with Gasteiger partial charge in [-0.05, 0) is 73.3 Å². The van der Waals surface area contributed by atoms with Crippen molar-refractivity contribution in [2.24, 2.45) is 0 Å². The number of nitrogens with zero attached hydrogens (tertiary/aromatic N) is 1. The Labute approximate surface area is 192 Å². The predicted molar refractivity (Wildman–Crippen MR) is 128 cm³/mol. The molecule has 1 aromatic carbocycles. The third kappa shape index (κ3) is 4.12. The average Bonchev–Trinajstić information content (AvgIpc) is 3.41. The maximum Gasteiger partial charge on any atom is 0.256 e. The molecule has 0 saturated carbocycles. The molecule has 1 unspecified atom stereocenters. The molecular formula is C27H27FN2O3. The minimum absolute atomic E-state index is 0.186. The Hall–Kier alpha value is -3.22. The van der Waals surface area contributed by atoms with E-state index in [1.807, 2.05) is 43.3 Å². The number of halogens is 1. The van der Waals surface area contributed by atoms with Crippen LogP contribution >= 0.6 is 0 Å². The molecule has 2 N–H and O–H groups in total. The third-order valence-electron chi connectivity index (χ3n) is 6.63. The van der Waals surface area contributed by atoms with E-state index in [9.17, 15) is 14.3 Å². The molecule has 170 valence electrons. The number of amides is 1. The molecule has 6 heteroatoms. The summed E-state index contributed by atoms with van der Waals surface area (Å²) < 4.78 is 20.1. The second-order valence-electron chi connectivity index (χ2n) is 8.72. The normalized spacial score (nSPS) is 19.3. The summed E-state index contributed by atoms with van der Waals surface area (Å²) >= 11 is 0. The van der Waals surface area contributed by atoms with Crippen LogP contribution in [0.3, 0.4) is 0 Å². The van der Waals surface area contributed by atoms with Crippen LogP contribution in [0, 0.1) is 12.7 Å². The van der Waals surface area contributed by atoms with Crippen LogP contribution in [0.2, 0.25) is 0 Å². The van der Waals surface area contributed by atoms with Gasteiger partial charge >= 0.3 is 0 Å². The van der Waals surface area contributed by atoms with Crippen molar-refractivity contribution < 1.29 is 19.0 Å². The topological polar surface area (TPSA) is 61.8 Å². The number of ether oxygens (including phenoxy) is 1. The molecule has 5 nitrogen and oxygen atoms in total. The highest BCUT2D eigenvalue weighted by Crippen LogP contribution is 2.41. The number of hydrogen-bond acceptors (Lipinski definition) is 4. The van der Waals surface area contributed by atoms with Crippen LogP contribution in [0.4, 0.5) is 10.1 Å². The van der Waals surface area contributed by atoms with E-state index in [-0.39, 0.29) is 24.4 Å². The van der Waals surface area contributed by atoms with Gasteiger partial charge in [0.1, 0.15) is 18.2 Å². The summed E-state index contributed by atoms with van der Waals surface area (Å²) in [6, 6.07) is 14.5. The number of aliphatic hydroxyl groups is 1. The monoisotopic (exact) mass is 446 g/mol. The number of nitrogens with one attached hydrogen (secondary N) is 1. The van der Waals surface area contributed by atoms with Gasteiger partial charge in [-0.25, -0.2) is 4.39 Å². The van der Waals surface area contributed by atoms with Crippen LogP contribution in [0.25, 0.3) is 22.8 Å². The van der Waals surface area contributed by atoms with Gasteiger partial charge in [-0.3, -0.25) is 9.69 Å². The molecule has 1 fully saturated rings. The molecule has 33 heavy (non-hydrogen) atoms. The standard InChI is InChI=1S/C27H27FN2O3/c1-17-13-18(14-23-22-15-19(28)8-9-24(22)29-27(23)32)21-6-2-3-7-25(26(17)21)33-12-11-30-10-4-5-20(30)16-31/h2-3,6-9,13-15,20,31H,4-5,10-12,16H2,1H3,(H,29,32)/b23-14+. The molecular weight excluding hydrogens is 419 g/mol. The van der Waals surface area contributed by atoms with E-state index < -0.39 is 0 Å². The summed E-state index contributed by atoms with van der Waals surface area (Å²) in [6.45, 7) is 4.51. The second-order valence-corrected chi connectivity index (χ2v) is 8.72. The first-order chi connectivity index (χ1) is 16.0. The van der Waals surface area contributed by atoms with Crippen LogP contribution < -0.4 is 10.1 Å². The lowest BCUT2D eigenvalue weighted by Crippen LogP contribution is -2.35. The summed E-state index contributed by atoms with van der Waals surface area (Å²) in [6.07, 6.45) is 3.97. The molecule has 4 aliphatic rings. The summed E-state index contributed by atoms with van der Waals surface area (Å²) in [5.41, 5.74) is 5.58. The van der Waals surface area contributed by atoms with Gasteiger partial charge in [0.2, 0.25) is 0 Å². The number of carbonyl (C=O) groups is 1. The Kier molecular flexibility index (Phi) is 5.87. The number of fused-ring (bicyclic) bond motifs is 2. The fraction of sp³-hybridized carbons (Fsp3) is 0.296. The summed E-state index contributed by atoms with van der Waals surface area (Å²) in [5, 5.41) is 12.4. The Morgan fingerprint density at radius 1 is 1.21 bits per heavy atom. The quantitative estimate of drug-likeness (QED) is 0.545. The molecule has 2 aliphatic heterocycles. The zero-order valence-corrected chi connectivity index (χ0v) is 18.6. The van der Waals surface area contributed by atoms with Crippen LogP contribution in [0.1, 0.15) is 29.5 Å². The number of rotatable bonds is 6. The van der Waals surface area contributed by atoms with Gasteiger partial charge in [-0.1, -0.05) is 24.3 Å². The lowest BCUT2D eigenvalue weighted by Gasteiger charge is -2.22. The van der Waals surface area contributed by atoms with E-state index in [0.717, 1.165) is 53.9 Å². The van der Waals surface area contributed by atoms with E-state index >= 15 is 0 Å². The summed E-state index contributed by atoms with van der Waals surface area (Å²) in [5.74, 6) is 0.186. The van der Waals surface area contributed by atoms with Crippen molar-refractivity contribution in [3.05, 3.63) is 71.0 Å². The van der Waals surface area contributed by atoms with Gasteiger partial charge in [0.05, 0.1) is 6.61 Å². The molecule has 1 atom stereocenters. The average molecular weight is 447 g/mol. The van der Waals surface area contributed by atoms with E-state index in [0.29, 0.717) is 23.4 Å². The molecule has 0 radical (unpaired) electrons. The van der Waals surface area contributed by atoms with Crippen LogP contribution in [0.15, 0.2) is 48.5 Å². The number of benzene rings is 1. The SMILES string of the molecule is Cc1cc(/C=C2/C(=O)Nc3ccc(F)cc32)c2ccccc(OCCN3CCCC3CO)c1-2. The highest BCUT2D eigenvalue weighted by atomic mass is 19.1. The Bertz CT molecular complexity index is 1210. The molecule has 0 spiro atoms. The zero-order valence-electron chi connectivity index (χ0n) is 18.6. The first kappa shape index (κ1) is 21.6.